The van der Waals surface area contributed by atoms with E-state index in [1.165, 1.54) is 25.1 Å². The topological polar surface area (TPSA) is 86.8 Å². The predicted molar refractivity (Wildman–Crippen MR) is 113 cm³/mol. The molecule has 1 aliphatic heterocycles. The summed E-state index contributed by atoms with van der Waals surface area (Å²) in [5.41, 5.74) is 0.397. The number of hydrogen-bond donors (Lipinski definition) is 1. The smallest absolute Gasteiger partial charge is 0.255 e. The Balaban J connectivity index is 1.88. The number of anilines is 2. The molecule has 1 aliphatic rings. The van der Waals surface area contributed by atoms with Gasteiger partial charge in [0.25, 0.3) is 5.91 Å². The Morgan fingerprint density at radius 3 is 2.30 bits per heavy atom. The lowest BCUT2D eigenvalue weighted by atomic mass is 10.1. The maximum atomic E-state index is 14.3. The number of carbonyl (C=O) groups excluding carboxylic acids is 2. The van der Waals surface area contributed by atoms with Gasteiger partial charge in [0.2, 0.25) is 15.9 Å². The molecule has 30 heavy (non-hydrogen) atoms. The van der Waals surface area contributed by atoms with Gasteiger partial charge in [-0.25, -0.2) is 12.8 Å². The molecule has 9 heteroatoms. The summed E-state index contributed by atoms with van der Waals surface area (Å²) in [4.78, 5) is 27.4. The summed E-state index contributed by atoms with van der Waals surface area (Å²) in [5, 5.41) is 2.64. The molecule has 2 aromatic rings. The van der Waals surface area contributed by atoms with E-state index >= 15 is 0 Å². The van der Waals surface area contributed by atoms with Crippen molar-refractivity contribution in [3.8, 4) is 0 Å². The molecular weight excluding hydrogens is 409 g/mol. The van der Waals surface area contributed by atoms with Crippen molar-refractivity contribution in [1.82, 2.24) is 4.90 Å². The zero-order valence-electron chi connectivity index (χ0n) is 16.8. The van der Waals surface area contributed by atoms with E-state index in [0.29, 0.717) is 18.7 Å². The van der Waals surface area contributed by atoms with Crippen LogP contribution in [0.15, 0.2) is 48.5 Å². The number of rotatable bonds is 6. The highest BCUT2D eigenvalue weighted by atomic mass is 32.2. The molecule has 0 bridgehead atoms. The molecule has 160 valence electrons. The van der Waals surface area contributed by atoms with Crippen molar-refractivity contribution in [1.29, 1.82) is 0 Å². The highest BCUT2D eigenvalue weighted by molar-refractivity contribution is 7.92. The first-order valence-corrected chi connectivity index (χ1v) is 11.5. The molecule has 1 N–H and O–H groups in total. The molecule has 1 saturated heterocycles. The van der Waals surface area contributed by atoms with Gasteiger partial charge in [0.05, 0.1) is 23.2 Å². The van der Waals surface area contributed by atoms with Gasteiger partial charge in [0.1, 0.15) is 11.9 Å². The minimum Gasteiger partial charge on any atom is -0.339 e. The summed E-state index contributed by atoms with van der Waals surface area (Å²) >= 11 is 0. The Bertz CT molecular complexity index is 1050. The van der Waals surface area contributed by atoms with Gasteiger partial charge in [0, 0.05) is 13.1 Å². The van der Waals surface area contributed by atoms with Gasteiger partial charge in [-0.05, 0) is 44.0 Å². The highest BCUT2D eigenvalue weighted by Gasteiger charge is 2.32. The van der Waals surface area contributed by atoms with Crippen molar-refractivity contribution in [2.45, 2.75) is 25.8 Å². The number of amides is 2. The van der Waals surface area contributed by atoms with Crippen LogP contribution in [0, 0.1) is 5.82 Å². The lowest BCUT2D eigenvalue weighted by molar-refractivity contribution is -0.116. The minimum atomic E-state index is -3.96. The average Bonchev–Trinajstić information content (AvgIpc) is 3.23. The third-order valence-corrected chi connectivity index (χ3v) is 6.21. The van der Waals surface area contributed by atoms with E-state index in [1.54, 1.807) is 29.2 Å². The number of nitrogens with zero attached hydrogens (tertiary/aromatic N) is 2. The molecule has 1 fully saturated rings. The summed E-state index contributed by atoms with van der Waals surface area (Å²) in [5.74, 6) is -1.62. The first-order valence-electron chi connectivity index (χ1n) is 9.63. The number of sulfonamides is 1. The van der Waals surface area contributed by atoms with E-state index in [-0.39, 0.29) is 17.3 Å². The Morgan fingerprint density at radius 2 is 1.67 bits per heavy atom. The minimum absolute atomic E-state index is 0.190. The van der Waals surface area contributed by atoms with Crippen LogP contribution in [0.5, 0.6) is 0 Å². The first kappa shape index (κ1) is 21.8. The van der Waals surface area contributed by atoms with Gasteiger partial charge in [-0.2, -0.15) is 0 Å². The van der Waals surface area contributed by atoms with Crippen LogP contribution in [0.25, 0.3) is 0 Å². The average molecular weight is 434 g/mol. The quantitative estimate of drug-likeness (QED) is 0.759. The second-order valence-electron chi connectivity index (χ2n) is 7.22. The molecule has 0 spiro atoms. The van der Waals surface area contributed by atoms with Crippen LogP contribution in [-0.4, -0.2) is 50.5 Å². The summed E-state index contributed by atoms with van der Waals surface area (Å²) in [7, 11) is -3.96. The van der Waals surface area contributed by atoms with Gasteiger partial charge in [-0.3, -0.25) is 13.9 Å². The molecule has 1 atom stereocenters. The Kier molecular flexibility index (Phi) is 6.40. The molecule has 1 heterocycles. The van der Waals surface area contributed by atoms with Crippen LogP contribution in [0.4, 0.5) is 15.8 Å². The first-order chi connectivity index (χ1) is 14.2. The van der Waals surface area contributed by atoms with Crippen LogP contribution in [0.1, 0.15) is 30.1 Å². The molecule has 0 saturated carbocycles. The largest absolute Gasteiger partial charge is 0.339 e. The summed E-state index contributed by atoms with van der Waals surface area (Å²) in [6, 6.07) is 10.7. The monoisotopic (exact) mass is 433 g/mol. The third kappa shape index (κ3) is 4.62. The standard InChI is InChI=1S/C21H24FN3O4S/c1-15(25(30(2,28)29)19-12-6-4-10-17(19)22)20(26)23-18-11-5-3-9-16(18)21(27)24-13-7-8-14-24/h3-6,9-12,15H,7-8,13-14H2,1-2H3,(H,23,26)/t15-/m0/s1. The number of nitrogens with one attached hydrogen (secondary N) is 1. The zero-order valence-corrected chi connectivity index (χ0v) is 17.7. The van der Waals surface area contributed by atoms with Crippen molar-refractivity contribution < 1.29 is 22.4 Å². The predicted octanol–water partition coefficient (Wildman–Crippen LogP) is 2.85. The van der Waals surface area contributed by atoms with E-state index in [9.17, 15) is 22.4 Å². The number of halogens is 1. The van der Waals surface area contributed by atoms with Gasteiger partial charge < -0.3 is 10.2 Å². The number of hydrogen-bond acceptors (Lipinski definition) is 4. The van der Waals surface area contributed by atoms with E-state index in [0.717, 1.165) is 29.5 Å². The van der Waals surface area contributed by atoms with E-state index in [4.69, 9.17) is 0 Å². The zero-order chi connectivity index (χ0) is 21.9. The van der Waals surface area contributed by atoms with Crippen LogP contribution in [0.3, 0.4) is 0 Å². The number of benzene rings is 2. The van der Waals surface area contributed by atoms with Gasteiger partial charge >= 0.3 is 0 Å². The Labute approximate surface area is 175 Å². The Morgan fingerprint density at radius 1 is 1.07 bits per heavy atom. The van der Waals surface area contributed by atoms with Crippen LogP contribution >= 0.6 is 0 Å². The molecule has 0 unspecified atom stereocenters. The second-order valence-corrected chi connectivity index (χ2v) is 9.08. The molecule has 3 rings (SSSR count). The van der Waals surface area contributed by atoms with Crippen LogP contribution in [-0.2, 0) is 14.8 Å². The van der Waals surface area contributed by atoms with Gasteiger partial charge in [0.15, 0.2) is 0 Å². The van der Waals surface area contributed by atoms with Crippen molar-refractivity contribution in [3.05, 3.63) is 59.9 Å². The highest BCUT2D eigenvalue weighted by Crippen LogP contribution is 2.26. The maximum absolute atomic E-state index is 14.3. The SMILES string of the molecule is C[C@@H](C(=O)Nc1ccccc1C(=O)N1CCCC1)N(c1ccccc1F)S(C)(=O)=O. The van der Waals surface area contributed by atoms with Crippen molar-refractivity contribution in [2.24, 2.45) is 0 Å². The number of carbonyl (C=O) groups is 2. The summed E-state index contributed by atoms with van der Waals surface area (Å²) in [6.07, 6.45) is 2.78. The fourth-order valence-corrected chi connectivity index (χ4v) is 4.69. The summed E-state index contributed by atoms with van der Waals surface area (Å²) < 4.78 is 39.7. The maximum Gasteiger partial charge on any atom is 0.255 e. The number of likely N-dealkylation sites (tertiary alicyclic amines) is 1. The molecule has 2 amide bonds. The Hall–Kier alpha value is -2.94. The van der Waals surface area contributed by atoms with Gasteiger partial charge in [-0.15, -0.1) is 0 Å². The normalized spacial score (nSPS) is 15.0. The molecule has 0 aromatic heterocycles. The van der Waals surface area contributed by atoms with Crippen LogP contribution in [0.2, 0.25) is 0 Å². The number of para-hydroxylation sites is 2. The molecular formula is C21H24FN3O4S. The molecule has 7 nitrogen and oxygen atoms in total. The van der Waals surface area contributed by atoms with E-state index in [2.05, 4.69) is 5.32 Å². The van der Waals surface area contributed by atoms with E-state index in [1.807, 2.05) is 0 Å². The van der Waals surface area contributed by atoms with Crippen molar-refractivity contribution in [2.75, 3.05) is 29.0 Å². The van der Waals surface area contributed by atoms with Crippen molar-refractivity contribution >= 4 is 33.2 Å². The fraction of sp³-hybridized carbons (Fsp3) is 0.333. The lowest BCUT2D eigenvalue weighted by Crippen LogP contribution is -2.46. The van der Waals surface area contributed by atoms with Crippen molar-refractivity contribution in [3.63, 3.8) is 0 Å². The summed E-state index contributed by atoms with van der Waals surface area (Å²) in [6.45, 7) is 2.69. The van der Waals surface area contributed by atoms with Crippen LogP contribution < -0.4 is 9.62 Å². The second kappa shape index (κ2) is 8.83. The third-order valence-electron chi connectivity index (χ3n) is 4.99. The molecule has 0 radical (unpaired) electrons. The van der Waals surface area contributed by atoms with Gasteiger partial charge in [-0.1, -0.05) is 24.3 Å². The molecule has 2 aromatic carbocycles. The lowest BCUT2D eigenvalue weighted by Gasteiger charge is -2.28. The fourth-order valence-electron chi connectivity index (χ4n) is 3.52. The molecule has 0 aliphatic carbocycles. The van der Waals surface area contributed by atoms with E-state index < -0.39 is 27.8 Å².